The first-order valence-corrected chi connectivity index (χ1v) is 7.22. The molecule has 3 rings (SSSR count). The Morgan fingerprint density at radius 2 is 2.00 bits per heavy atom. The summed E-state index contributed by atoms with van der Waals surface area (Å²) >= 11 is 0. The van der Waals surface area contributed by atoms with Crippen LogP contribution in [0, 0.1) is 11.3 Å². The minimum atomic E-state index is -3.03. The van der Waals surface area contributed by atoms with Gasteiger partial charge in [-0.15, -0.1) is 0 Å². The summed E-state index contributed by atoms with van der Waals surface area (Å²) in [7, 11) is 0. The number of hydrogen-bond acceptors (Lipinski definition) is 4. The van der Waals surface area contributed by atoms with Gasteiger partial charge in [-0.25, -0.2) is 4.68 Å². The number of rotatable bonds is 5. The van der Waals surface area contributed by atoms with Gasteiger partial charge in [-0.3, -0.25) is 4.79 Å². The molecule has 3 aromatic rings. The highest BCUT2D eigenvalue weighted by Crippen LogP contribution is 2.27. The van der Waals surface area contributed by atoms with Crippen molar-refractivity contribution in [3.8, 4) is 28.8 Å². The first kappa shape index (κ1) is 16.3. The van der Waals surface area contributed by atoms with Gasteiger partial charge in [-0.2, -0.15) is 19.1 Å². The van der Waals surface area contributed by atoms with Crippen molar-refractivity contribution in [1.82, 2.24) is 9.78 Å². The zero-order valence-electron chi connectivity index (χ0n) is 12.8. The summed E-state index contributed by atoms with van der Waals surface area (Å²) < 4.78 is 30.9. The van der Waals surface area contributed by atoms with Crippen LogP contribution in [0.1, 0.15) is 15.9 Å². The van der Waals surface area contributed by atoms with Crippen molar-refractivity contribution in [1.29, 1.82) is 5.26 Å². The maximum absolute atomic E-state index is 12.5. The van der Waals surface area contributed by atoms with E-state index in [-0.39, 0.29) is 11.3 Å². The SMILES string of the molecule is N#Cc1ccccc1-n1ccc(-c2ccc(C=O)c(OC(F)F)c2)n1. The van der Waals surface area contributed by atoms with Crippen LogP contribution >= 0.6 is 0 Å². The van der Waals surface area contributed by atoms with Crippen LogP contribution < -0.4 is 4.74 Å². The highest BCUT2D eigenvalue weighted by Gasteiger charge is 2.13. The Balaban J connectivity index is 2.00. The predicted octanol–water partition coefficient (Wildman–Crippen LogP) is 3.82. The van der Waals surface area contributed by atoms with E-state index in [4.69, 9.17) is 5.26 Å². The van der Waals surface area contributed by atoms with E-state index in [0.717, 1.165) is 0 Å². The Bertz CT molecular complexity index is 961. The largest absolute Gasteiger partial charge is 0.434 e. The molecule has 2 aromatic carbocycles. The molecular weight excluding hydrogens is 328 g/mol. The van der Waals surface area contributed by atoms with Crippen LogP contribution in [0.25, 0.3) is 16.9 Å². The summed E-state index contributed by atoms with van der Waals surface area (Å²) in [6.07, 6.45) is 2.11. The third-order valence-electron chi connectivity index (χ3n) is 3.51. The van der Waals surface area contributed by atoms with Gasteiger partial charge in [0, 0.05) is 11.8 Å². The second-order valence-corrected chi connectivity index (χ2v) is 5.02. The van der Waals surface area contributed by atoms with Gasteiger partial charge in [-0.1, -0.05) is 18.2 Å². The topological polar surface area (TPSA) is 67.9 Å². The number of para-hydroxylation sites is 1. The molecule has 0 atom stereocenters. The maximum Gasteiger partial charge on any atom is 0.387 e. The zero-order valence-corrected chi connectivity index (χ0v) is 12.8. The third kappa shape index (κ3) is 3.38. The van der Waals surface area contributed by atoms with E-state index >= 15 is 0 Å². The van der Waals surface area contributed by atoms with Gasteiger partial charge in [0.25, 0.3) is 0 Å². The summed E-state index contributed by atoms with van der Waals surface area (Å²) in [4.78, 5) is 10.9. The van der Waals surface area contributed by atoms with E-state index < -0.39 is 6.61 Å². The maximum atomic E-state index is 12.5. The minimum Gasteiger partial charge on any atom is -0.434 e. The van der Waals surface area contributed by atoms with Crippen molar-refractivity contribution in [3.05, 3.63) is 65.9 Å². The Hall–Kier alpha value is -3.53. The fourth-order valence-corrected chi connectivity index (χ4v) is 2.37. The number of halogens is 2. The lowest BCUT2D eigenvalue weighted by Crippen LogP contribution is -2.04. The molecule has 124 valence electrons. The van der Waals surface area contributed by atoms with Crippen LogP contribution in [0.5, 0.6) is 5.75 Å². The van der Waals surface area contributed by atoms with Gasteiger partial charge in [-0.05, 0) is 30.3 Å². The van der Waals surface area contributed by atoms with Crippen LogP contribution in [0.3, 0.4) is 0 Å². The van der Waals surface area contributed by atoms with Crippen LogP contribution in [0.2, 0.25) is 0 Å². The predicted molar refractivity (Wildman–Crippen MR) is 85.7 cm³/mol. The van der Waals surface area contributed by atoms with Crippen LogP contribution in [0.4, 0.5) is 8.78 Å². The van der Waals surface area contributed by atoms with Gasteiger partial charge in [0.1, 0.15) is 11.8 Å². The fourth-order valence-electron chi connectivity index (χ4n) is 2.37. The molecule has 0 fully saturated rings. The molecule has 7 heteroatoms. The smallest absolute Gasteiger partial charge is 0.387 e. The standard InChI is InChI=1S/C18H11F2N3O2/c19-18(20)25-17-9-12(5-6-14(17)11-24)15-7-8-23(22-15)16-4-2-1-3-13(16)10-21/h1-9,11,18H. The van der Waals surface area contributed by atoms with Crippen molar-refractivity contribution in [2.24, 2.45) is 0 Å². The summed E-state index contributed by atoms with van der Waals surface area (Å²) in [5.41, 5.74) is 2.08. The van der Waals surface area contributed by atoms with Crippen molar-refractivity contribution < 1.29 is 18.3 Å². The molecule has 0 amide bonds. The van der Waals surface area contributed by atoms with Gasteiger partial charge >= 0.3 is 6.61 Å². The van der Waals surface area contributed by atoms with Gasteiger partial charge < -0.3 is 4.74 Å². The van der Waals surface area contributed by atoms with Gasteiger partial charge in [0.15, 0.2) is 6.29 Å². The highest BCUT2D eigenvalue weighted by atomic mass is 19.3. The fraction of sp³-hybridized carbons (Fsp3) is 0.0556. The summed E-state index contributed by atoms with van der Waals surface area (Å²) in [6, 6.07) is 15.0. The Morgan fingerprint density at radius 1 is 1.20 bits per heavy atom. The number of nitriles is 1. The van der Waals surface area contributed by atoms with E-state index in [1.54, 1.807) is 42.6 Å². The molecule has 0 aliphatic heterocycles. The number of benzene rings is 2. The van der Waals surface area contributed by atoms with Crippen molar-refractivity contribution >= 4 is 6.29 Å². The van der Waals surface area contributed by atoms with Gasteiger partial charge in [0.2, 0.25) is 0 Å². The number of aldehydes is 1. The Morgan fingerprint density at radius 3 is 2.72 bits per heavy atom. The number of aromatic nitrogens is 2. The van der Waals surface area contributed by atoms with E-state index in [1.807, 2.05) is 0 Å². The van der Waals surface area contributed by atoms with Crippen LogP contribution in [-0.4, -0.2) is 22.7 Å². The number of carbonyl (C=O) groups excluding carboxylic acids is 1. The van der Waals surface area contributed by atoms with E-state index in [1.165, 1.54) is 16.8 Å². The van der Waals surface area contributed by atoms with Crippen LogP contribution in [-0.2, 0) is 0 Å². The molecule has 0 radical (unpaired) electrons. The summed E-state index contributed by atoms with van der Waals surface area (Å²) in [5.74, 6) is -0.213. The molecule has 0 aliphatic carbocycles. The summed E-state index contributed by atoms with van der Waals surface area (Å²) in [6.45, 7) is -3.03. The zero-order chi connectivity index (χ0) is 17.8. The molecule has 0 bridgehead atoms. The molecule has 0 saturated carbocycles. The molecule has 0 spiro atoms. The monoisotopic (exact) mass is 339 g/mol. The number of carbonyl (C=O) groups is 1. The molecule has 0 saturated heterocycles. The first-order chi connectivity index (χ1) is 12.1. The molecule has 0 N–H and O–H groups in total. The quantitative estimate of drug-likeness (QED) is 0.663. The van der Waals surface area contributed by atoms with Crippen molar-refractivity contribution in [3.63, 3.8) is 0 Å². The minimum absolute atomic E-state index is 0.0262. The molecule has 1 heterocycles. The van der Waals surface area contributed by atoms with Crippen molar-refractivity contribution in [2.75, 3.05) is 0 Å². The van der Waals surface area contributed by atoms with Crippen molar-refractivity contribution in [2.45, 2.75) is 6.61 Å². The average molecular weight is 339 g/mol. The molecule has 5 nitrogen and oxygen atoms in total. The van der Waals surface area contributed by atoms with E-state index in [2.05, 4.69) is 15.9 Å². The average Bonchev–Trinajstić information content (AvgIpc) is 3.11. The number of nitrogens with zero attached hydrogens (tertiary/aromatic N) is 3. The number of ether oxygens (including phenoxy) is 1. The molecule has 25 heavy (non-hydrogen) atoms. The lowest BCUT2D eigenvalue weighted by atomic mass is 10.1. The first-order valence-electron chi connectivity index (χ1n) is 7.22. The third-order valence-corrected chi connectivity index (χ3v) is 3.51. The van der Waals surface area contributed by atoms with E-state index in [0.29, 0.717) is 28.8 Å². The second kappa shape index (κ2) is 6.93. The summed E-state index contributed by atoms with van der Waals surface area (Å²) in [5, 5.41) is 13.5. The Labute approximate surface area is 141 Å². The normalized spacial score (nSPS) is 10.5. The molecule has 1 aromatic heterocycles. The second-order valence-electron chi connectivity index (χ2n) is 5.02. The van der Waals surface area contributed by atoms with Gasteiger partial charge in [0.05, 0.1) is 22.5 Å². The highest BCUT2D eigenvalue weighted by molar-refractivity contribution is 5.81. The molecule has 0 unspecified atom stereocenters. The lowest BCUT2D eigenvalue weighted by molar-refractivity contribution is -0.0500. The number of alkyl halides is 2. The Kier molecular flexibility index (Phi) is 4.53. The van der Waals surface area contributed by atoms with Crippen LogP contribution in [0.15, 0.2) is 54.7 Å². The molecular formula is C18H11F2N3O2. The number of hydrogen-bond donors (Lipinski definition) is 0. The van der Waals surface area contributed by atoms with E-state index in [9.17, 15) is 13.6 Å². The molecule has 0 aliphatic rings. The lowest BCUT2D eigenvalue weighted by Gasteiger charge is -2.08.